The van der Waals surface area contributed by atoms with E-state index in [0.29, 0.717) is 11.3 Å². The van der Waals surface area contributed by atoms with E-state index in [9.17, 15) is 8.42 Å². The van der Waals surface area contributed by atoms with Crippen LogP contribution in [-0.2, 0) is 15.5 Å². The monoisotopic (exact) mass is 304 g/mol. The molecule has 0 saturated heterocycles. The highest BCUT2D eigenvalue weighted by Crippen LogP contribution is 2.26. The highest BCUT2D eigenvalue weighted by atomic mass is 32.2. The summed E-state index contributed by atoms with van der Waals surface area (Å²) in [6.45, 7) is 8.06. The minimum absolute atomic E-state index is 0.0213. The number of benzene rings is 2. The topological polar surface area (TPSA) is 43.4 Å². The fourth-order valence-corrected chi connectivity index (χ4v) is 3.18. The lowest BCUT2D eigenvalue weighted by Gasteiger charge is -2.19. The maximum atomic E-state index is 12.3. The first-order valence-corrected chi connectivity index (χ1v) is 8.22. The fourth-order valence-electron chi connectivity index (χ4n) is 2.02. The quantitative estimate of drug-likeness (QED) is 0.803. The predicted octanol–water partition coefficient (Wildman–Crippen LogP) is 4.06. The van der Waals surface area contributed by atoms with Gasteiger partial charge >= 0.3 is 10.1 Å². The van der Waals surface area contributed by atoms with Gasteiger partial charge in [-0.3, -0.25) is 0 Å². The van der Waals surface area contributed by atoms with E-state index in [1.54, 1.807) is 43.3 Å². The van der Waals surface area contributed by atoms with Gasteiger partial charge in [0.25, 0.3) is 0 Å². The lowest BCUT2D eigenvalue weighted by atomic mass is 9.87. The maximum Gasteiger partial charge on any atom is 0.339 e. The summed E-state index contributed by atoms with van der Waals surface area (Å²) < 4.78 is 29.8. The van der Waals surface area contributed by atoms with E-state index in [0.717, 1.165) is 5.56 Å². The van der Waals surface area contributed by atoms with Gasteiger partial charge in [-0.25, -0.2) is 0 Å². The molecule has 112 valence electrons. The van der Waals surface area contributed by atoms with E-state index >= 15 is 0 Å². The third kappa shape index (κ3) is 3.64. The third-order valence-corrected chi connectivity index (χ3v) is 4.70. The molecule has 2 aromatic rings. The van der Waals surface area contributed by atoms with Crippen molar-refractivity contribution in [1.82, 2.24) is 0 Å². The van der Waals surface area contributed by atoms with Crippen LogP contribution in [0.1, 0.15) is 31.9 Å². The molecule has 0 aliphatic carbocycles. The molecule has 0 bridgehead atoms. The normalized spacial score (nSPS) is 12.2. The van der Waals surface area contributed by atoms with Crippen molar-refractivity contribution in [3.8, 4) is 5.75 Å². The Bertz CT molecular complexity index is 723. The molecule has 0 aromatic heterocycles. The molecule has 0 heterocycles. The van der Waals surface area contributed by atoms with Crippen LogP contribution >= 0.6 is 0 Å². The molecule has 2 aromatic carbocycles. The second-order valence-corrected chi connectivity index (χ2v) is 7.59. The fraction of sp³-hybridized carbons (Fsp3) is 0.294. The highest BCUT2D eigenvalue weighted by molar-refractivity contribution is 7.87. The molecule has 4 heteroatoms. The minimum Gasteiger partial charge on any atom is -0.379 e. The molecule has 3 nitrogen and oxygen atoms in total. The van der Waals surface area contributed by atoms with Gasteiger partial charge in [-0.15, -0.1) is 0 Å². The van der Waals surface area contributed by atoms with Crippen molar-refractivity contribution in [2.45, 2.75) is 38.0 Å². The van der Waals surface area contributed by atoms with E-state index < -0.39 is 10.1 Å². The standard InChI is InChI=1S/C17H20O3S/c1-13-7-5-6-8-16(13)21(18,19)20-15-11-9-14(10-12-15)17(2,3)4/h5-12H,1-4H3. The van der Waals surface area contributed by atoms with Crippen molar-refractivity contribution in [3.63, 3.8) is 0 Å². The van der Waals surface area contributed by atoms with Gasteiger partial charge in [-0.05, 0) is 41.7 Å². The molecule has 21 heavy (non-hydrogen) atoms. The molecule has 0 fully saturated rings. The van der Waals surface area contributed by atoms with Crippen LogP contribution in [-0.4, -0.2) is 8.42 Å². The summed E-state index contributed by atoms with van der Waals surface area (Å²) in [4.78, 5) is 0.199. The Labute approximate surface area is 126 Å². The molecule has 0 radical (unpaired) electrons. The van der Waals surface area contributed by atoms with E-state index in [1.165, 1.54) is 0 Å². The Morgan fingerprint density at radius 2 is 1.48 bits per heavy atom. The van der Waals surface area contributed by atoms with Crippen molar-refractivity contribution in [2.24, 2.45) is 0 Å². The minimum atomic E-state index is -3.79. The zero-order valence-electron chi connectivity index (χ0n) is 12.8. The van der Waals surface area contributed by atoms with Crippen molar-refractivity contribution in [2.75, 3.05) is 0 Å². The molecular formula is C17H20O3S. The molecule has 0 saturated carbocycles. The van der Waals surface area contributed by atoms with Gasteiger partial charge < -0.3 is 4.18 Å². The Balaban J connectivity index is 2.28. The number of rotatable bonds is 3. The largest absolute Gasteiger partial charge is 0.379 e. The van der Waals surface area contributed by atoms with Crippen molar-refractivity contribution < 1.29 is 12.6 Å². The van der Waals surface area contributed by atoms with Crippen molar-refractivity contribution >= 4 is 10.1 Å². The summed E-state index contributed by atoms with van der Waals surface area (Å²) in [5.74, 6) is 0.325. The van der Waals surface area contributed by atoms with Crippen molar-refractivity contribution in [3.05, 3.63) is 59.7 Å². The Morgan fingerprint density at radius 1 is 0.905 bits per heavy atom. The maximum absolute atomic E-state index is 12.3. The number of hydrogen-bond donors (Lipinski definition) is 0. The van der Waals surface area contributed by atoms with Crippen molar-refractivity contribution in [1.29, 1.82) is 0 Å². The summed E-state index contributed by atoms with van der Waals surface area (Å²) in [5, 5.41) is 0. The van der Waals surface area contributed by atoms with Crippen LogP contribution in [0.15, 0.2) is 53.4 Å². The van der Waals surface area contributed by atoms with Gasteiger partial charge in [0.2, 0.25) is 0 Å². The first-order chi connectivity index (χ1) is 9.70. The average molecular weight is 304 g/mol. The van der Waals surface area contributed by atoms with E-state index in [1.807, 2.05) is 12.1 Å². The summed E-state index contributed by atoms with van der Waals surface area (Å²) in [6, 6.07) is 13.9. The summed E-state index contributed by atoms with van der Waals surface area (Å²) >= 11 is 0. The summed E-state index contributed by atoms with van der Waals surface area (Å²) in [7, 11) is -3.79. The molecule has 0 spiro atoms. The second kappa shape index (κ2) is 5.53. The van der Waals surface area contributed by atoms with Crippen LogP contribution in [0.5, 0.6) is 5.75 Å². The Hall–Kier alpha value is -1.81. The zero-order chi connectivity index (χ0) is 15.7. The van der Waals surface area contributed by atoms with Gasteiger partial charge in [-0.1, -0.05) is 51.1 Å². The molecular weight excluding hydrogens is 284 g/mol. The molecule has 0 unspecified atom stereocenters. The van der Waals surface area contributed by atoms with Gasteiger partial charge in [-0.2, -0.15) is 8.42 Å². The highest BCUT2D eigenvalue weighted by Gasteiger charge is 2.19. The van der Waals surface area contributed by atoms with Crippen LogP contribution in [0, 0.1) is 6.92 Å². The smallest absolute Gasteiger partial charge is 0.339 e. The summed E-state index contributed by atoms with van der Waals surface area (Å²) in [6.07, 6.45) is 0. The number of aryl methyl sites for hydroxylation is 1. The predicted molar refractivity (Wildman–Crippen MR) is 84.1 cm³/mol. The van der Waals surface area contributed by atoms with E-state index in [-0.39, 0.29) is 10.3 Å². The molecule has 0 aliphatic rings. The van der Waals surface area contributed by atoms with Gasteiger partial charge in [0.1, 0.15) is 10.6 Å². The summed E-state index contributed by atoms with van der Waals surface area (Å²) in [5.41, 5.74) is 1.82. The van der Waals surface area contributed by atoms with E-state index in [4.69, 9.17) is 4.18 Å². The van der Waals surface area contributed by atoms with Crippen LogP contribution in [0.3, 0.4) is 0 Å². The molecule has 0 N–H and O–H groups in total. The number of hydrogen-bond acceptors (Lipinski definition) is 3. The molecule has 0 amide bonds. The first-order valence-electron chi connectivity index (χ1n) is 6.81. The Morgan fingerprint density at radius 3 is 2.00 bits per heavy atom. The molecule has 0 atom stereocenters. The Kier molecular flexibility index (Phi) is 4.10. The lowest BCUT2D eigenvalue weighted by molar-refractivity contribution is 0.485. The van der Waals surface area contributed by atoms with Gasteiger partial charge in [0.05, 0.1) is 0 Å². The zero-order valence-corrected chi connectivity index (χ0v) is 13.6. The SMILES string of the molecule is Cc1ccccc1S(=O)(=O)Oc1ccc(C(C)(C)C)cc1. The first kappa shape index (κ1) is 15.6. The van der Waals surface area contributed by atoms with Crippen LogP contribution in [0.2, 0.25) is 0 Å². The van der Waals surface area contributed by atoms with E-state index in [2.05, 4.69) is 20.8 Å². The molecule has 2 rings (SSSR count). The second-order valence-electron chi connectivity index (χ2n) is 6.08. The van der Waals surface area contributed by atoms with Gasteiger partial charge in [0, 0.05) is 0 Å². The lowest BCUT2D eigenvalue weighted by Crippen LogP contribution is -2.12. The molecule has 0 aliphatic heterocycles. The average Bonchev–Trinajstić information content (AvgIpc) is 2.38. The van der Waals surface area contributed by atoms with Crippen LogP contribution in [0.4, 0.5) is 0 Å². The third-order valence-electron chi connectivity index (χ3n) is 3.29. The van der Waals surface area contributed by atoms with Crippen LogP contribution < -0.4 is 4.18 Å². The van der Waals surface area contributed by atoms with Gasteiger partial charge in [0.15, 0.2) is 0 Å². The van der Waals surface area contributed by atoms with Crippen LogP contribution in [0.25, 0.3) is 0 Å².